The lowest BCUT2D eigenvalue weighted by atomic mass is 10.3. The maximum Gasteiger partial charge on any atom is 0.243 e. The van der Waals surface area contributed by atoms with Crippen LogP contribution < -0.4 is 10.6 Å². The topological polar surface area (TPSA) is 75.2 Å². The molecule has 2 N–H and O–H groups in total. The number of carbonyl (C=O) groups excluding carboxylic acids is 1. The third kappa shape index (κ3) is 10.3. The normalized spacial score (nSPS) is 16.7. The lowest BCUT2D eigenvalue weighted by molar-refractivity contribution is -0.127. The molecule has 27 heavy (non-hydrogen) atoms. The molecular formula is C18H31IN4O3S. The molecule has 0 aliphatic carbocycles. The minimum Gasteiger partial charge on any atom is -0.379 e. The summed E-state index contributed by atoms with van der Waals surface area (Å²) in [5.74, 6) is 0.648. The van der Waals surface area contributed by atoms with Gasteiger partial charge in [0.2, 0.25) is 5.91 Å². The number of amides is 1. The molecule has 1 aliphatic heterocycles. The first kappa shape index (κ1) is 24.1. The summed E-state index contributed by atoms with van der Waals surface area (Å²) in [4.78, 5) is 19.0. The number of aliphatic imine (C=N–C) groups is 1. The number of guanidine groups is 1. The van der Waals surface area contributed by atoms with E-state index in [1.807, 2.05) is 0 Å². The van der Waals surface area contributed by atoms with E-state index < -0.39 is 0 Å². The second-order valence-electron chi connectivity index (χ2n) is 6.35. The maximum atomic E-state index is 11.8. The molecule has 1 unspecified atom stereocenters. The number of nitrogens with zero attached hydrogens (tertiary/aromatic N) is 2. The van der Waals surface area contributed by atoms with Crippen molar-refractivity contribution in [3.63, 3.8) is 0 Å². The summed E-state index contributed by atoms with van der Waals surface area (Å²) < 4.78 is 11.1. The number of hydrogen-bond acceptors (Lipinski definition) is 5. The lowest BCUT2D eigenvalue weighted by Gasteiger charge is -2.14. The van der Waals surface area contributed by atoms with E-state index in [9.17, 15) is 4.79 Å². The lowest BCUT2D eigenvalue weighted by Crippen LogP contribution is -2.40. The molecule has 1 aromatic rings. The van der Waals surface area contributed by atoms with Crippen LogP contribution in [-0.4, -0.2) is 76.4 Å². The molecule has 1 aliphatic rings. The van der Waals surface area contributed by atoms with Crippen molar-refractivity contribution in [1.82, 2.24) is 15.5 Å². The highest BCUT2D eigenvalue weighted by Crippen LogP contribution is 2.08. The van der Waals surface area contributed by atoms with Crippen LogP contribution in [0.25, 0.3) is 0 Å². The Morgan fingerprint density at radius 2 is 2.22 bits per heavy atom. The van der Waals surface area contributed by atoms with Crippen LogP contribution in [0.3, 0.4) is 0 Å². The Morgan fingerprint density at radius 1 is 1.41 bits per heavy atom. The third-order valence-corrected chi connectivity index (χ3v) is 4.91. The van der Waals surface area contributed by atoms with Crippen molar-refractivity contribution < 1.29 is 14.3 Å². The molecule has 0 spiro atoms. The van der Waals surface area contributed by atoms with Crippen LogP contribution in [-0.2, 0) is 20.7 Å². The van der Waals surface area contributed by atoms with E-state index in [-0.39, 0.29) is 42.5 Å². The van der Waals surface area contributed by atoms with Gasteiger partial charge in [-0.25, -0.2) is 4.99 Å². The van der Waals surface area contributed by atoms with E-state index in [1.54, 1.807) is 30.3 Å². The number of likely N-dealkylation sites (N-methyl/N-ethyl adjacent to an activating group) is 1. The van der Waals surface area contributed by atoms with Crippen LogP contribution in [0.15, 0.2) is 22.5 Å². The van der Waals surface area contributed by atoms with E-state index >= 15 is 0 Å². The summed E-state index contributed by atoms with van der Waals surface area (Å²) in [5.41, 5.74) is 0. The van der Waals surface area contributed by atoms with Crippen molar-refractivity contribution in [2.45, 2.75) is 25.4 Å². The number of rotatable bonds is 10. The fourth-order valence-electron chi connectivity index (χ4n) is 2.39. The predicted octanol–water partition coefficient (Wildman–Crippen LogP) is 1.73. The summed E-state index contributed by atoms with van der Waals surface area (Å²) in [6.45, 7) is 3.86. The highest BCUT2D eigenvalue weighted by atomic mass is 127. The minimum atomic E-state index is -0.0195. The van der Waals surface area contributed by atoms with E-state index in [4.69, 9.17) is 9.47 Å². The minimum absolute atomic E-state index is 0. The van der Waals surface area contributed by atoms with Gasteiger partial charge in [-0.15, -0.1) is 35.3 Å². The highest BCUT2D eigenvalue weighted by Gasteiger charge is 2.15. The molecular weight excluding hydrogens is 479 g/mol. The average Bonchev–Trinajstić information content (AvgIpc) is 3.32. The van der Waals surface area contributed by atoms with Gasteiger partial charge in [0.1, 0.15) is 6.54 Å². The molecule has 0 radical (unpaired) electrons. The van der Waals surface area contributed by atoms with Gasteiger partial charge < -0.3 is 25.0 Å². The maximum absolute atomic E-state index is 11.8. The second kappa shape index (κ2) is 14.1. The Balaban J connectivity index is 0.00000364. The first-order valence-corrected chi connectivity index (χ1v) is 9.97. The van der Waals surface area contributed by atoms with Crippen LogP contribution in [0.5, 0.6) is 0 Å². The van der Waals surface area contributed by atoms with Crippen LogP contribution in [0, 0.1) is 0 Å². The molecule has 1 amide bonds. The Kier molecular flexibility index (Phi) is 12.6. The number of ether oxygens (including phenoxy) is 2. The Hall–Kier alpha value is -0.910. The molecule has 1 atom stereocenters. The van der Waals surface area contributed by atoms with Crippen molar-refractivity contribution in [3.8, 4) is 0 Å². The van der Waals surface area contributed by atoms with Gasteiger partial charge in [-0.1, -0.05) is 6.07 Å². The average molecular weight is 510 g/mol. The molecule has 1 fully saturated rings. The van der Waals surface area contributed by atoms with Gasteiger partial charge in [0.15, 0.2) is 5.96 Å². The molecule has 0 aromatic carbocycles. The van der Waals surface area contributed by atoms with Gasteiger partial charge in [-0.3, -0.25) is 4.79 Å². The molecule has 0 bridgehead atoms. The Labute approximate surface area is 182 Å². The van der Waals surface area contributed by atoms with Crippen molar-refractivity contribution >= 4 is 47.2 Å². The summed E-state index contributed by atoms with van der Waals surface area (Å²) in [5, 5.41) is 8.66. The number of carbonyl (C=O) groups is 1. The molecule has 0 saturated carbocycles. The predicted molar refractivity (Wildman–Crippen MR) is 120 cm³/mol. The fourth-order valence-corrected chi connectivity index (χ4v) is 3.10. The molecule has 7 nitrogen and oxygen atoms in total. The summed E-state index contributed by atoms with van der Waals surface area (Å²) in [7, 11) is 3.47. The number of hydrogen-bond donors (Lipinski definition) is 2. The van der Waals surface area contributed by atoms with Gasteiger partial charge in [0, 0.05) is 45.3 Å². The second-order valence-corrected chi connectivity index (χ2v) is 7.38. The molecule has 9 heteroatoms. The van der Waals surface area contributed by atoms with Crippen LogP contribution >= 0.6 is 35.3 Å². The van der Waals surface area contributed by atoms with Gasteiger partial charge in [-0.2, -0.15) is 0 Å². The molecule has 2 rings (SSSR count). The van der Waals surface area contributed by atoms with Gasteiger partial charge in [0.25, 0.3) is 0 Å². The molecule has 2 heterocycles. The largest absolute Gasteiger partial charge is 0.379 e. The van der Waals surface area contributed by atoms with Gasteiger partial charge in [0.05, 0.1) is 12.7 Å². The SMILES string of the molecule is CN(C)C(=O)CN=C(NCCCOC1CCOC1)NCCc1cccs1.I. The third-order valence-electron chi connectivity index (χ3n) is 3.97. The van der Waals surface area contributed by atoms with Crippen molar-refractivity contribution in [2.24, 2.45) is 4.99 Å². The first-order chi connectivity index (χ1) is 12.6. The van der Waals surface area contributed by atoms with Gasteiger partial charge >= 0.3 is 0 Å². The molecule has 1 aromatic heterocycles. The fraction of sp³-hybridized carbons (Fsp3) is 0.667. The first-order valence-electron chi connectivity index (χ1n) is 9.09. The Morgan fingerprint density at radius 3 is 2.89 bits per heavy atom. The standard InChI is InChI=1S/C18H30N4O3S.HI/c1-22(2)17(23)13-21-18(20-9-6-16-5-3-12-26-16)19-8-4-10-25-15-7-11-24-14-15;/h3,5,12,15H,4,6-11,13-14H2,1-2H3,(H2,19,20,21);1H. The van der Waals surface area contributed by atoms with Crippen LogP contribution in [0.2, 0.25) is 0 Å². The zero-order valence-electron chi connectivity index (χ0n) is 16.1. The van der Waals surface area contributed by atoms with E-state index in [2.05, 4.69) is 33.1 Å². The monoisotopic (exact) mass is 510 g/mol. The van der Waals surface area contributed by atoms with E-state index in [1.165, 1.54) is 4.88 Å². The number of nitrogens with one attached hydrogen (secondary N) is 2. The smallest absolute Gasteiger partial charge is 0.243 e. The van der Waals surface area contributed by atoms with Crippen molar-refractivity contribution in [2.75, 3.05) is 53.6 Å². The van der Waals surface area contributed by atoms with E-state index in [0.29, 0.717) is 19.2 Å². The quantitative estimate of drug-likeness (QED) is 0.217. The zero-order chi connectivity index (χ0) is 18.6. The summed E-state index contributed by atoms with van der Waals surface area (Å²) in [6, 6.07) is 4.18. The molecule has 1 saturated heterocycles. The Bertz CT molecular complexity index is 549. The van der Waals surface area contributed by atoms with Gasteiger partial charge in [-0.05, 0) is 30.7 Å². The van der Waals surface area contributed by atoms with E-state index in [0.717, 1.165) is 39.0 Å². The van der Waals surface area contributed by atoms with Crippen LogP contribution in [0.4, 0.5) is 0 Å². The number of thiophene rings is 1. The highest BCUT2D eigenvalue weighted by molar-refractivity contribution is 14.0. The molecule has 154 valence electrons. The summed E-state index contributed by atoms with van der Waals surface area (Å²) >= 11 is 1.75. The van der Waals surface area contributed by atoms with Crippen molar-refractivity contribution in [3.05, 3.63) is 22.4 Å². The van der Waals surface area contributed by atoms with Crippen molar-refractivity contribution in [1.29, 1.82) is 0 Å². The summed E-state index contributed by atoms with van der Waals surface area (Å²) in [6.07, 6.45) is 3.04. The number of halogens is 1. The van der Waals surface area contributed by atoms with Crippen LogP contribution in [0.1, 0.15) is 17.7 Å². The zero-order valence-corrected chi connectivity index (χ0v) is 19.3.